The largest absolute Gasteiger partial charge is 0.385 e. The molecular formula is C15H22N2S. The summed E-state index contributed by atoms with van der Waals surface area (Å²) in [6.45, 7) is 3.59. The molecule has 1 aromatic rings. The molecule has 2 heterocycles. The monoisotopic (exact) mass is 262 g/mol. The number of rotatable bonds is 4. The van der Waals surface area contributed by atoms with Gasteiger partial charge in [-0.15, -0.1) is 0 Å². The Labute approximate surface area is 114 Å². The zero-order valence-corrected chi connectivity index (χ0v) is 11.7. The molecule has 2 aliphatic heterocycles. The number of nitrogens with zero attached hydrogens (tertiary/aromatic N) is 1. The number of hydrogen-bond donors (Lipinski definition) is 1. The van der Waals surface area contributed by atoms with Gasteiger partial charge in [-0.3, -0.25) is 0 Å². The van der Waals surface area contributed by atoms with E-state index in [0.29, 0.717) is 0 Å². The van der Waals surface area contributed by atoms with E-state index in [2.05, 4.69) is 46.2 Å². The summed E-state index contributed by atoms with van der Waals surface area (Å²) in [6.07, 6.45) is 4.07. The molecule has 0 radical (unpaired) electrons. The van der Waals surface area contributed by atoms with Crippen LogP contribution in [0.1, 0.15) is 19.3 Å². The number of benzene rings is 1. The van der Waals surface area contributed by atoms with Crippen molar-refractivity contribution in [3.05, 3.63) is 24.3 Å². The van der Waals surface area contributed by atoms with E-state index in [0.717, 1.165) is 12.5 Å². The van der Waals surface area contributed by atoms with Crippen molar-refractivity contribution in [2.75, 3.05) is 41.4 Å². The highest BCUT2D eigenvalue weighted by Gasteiger charge is 2.15. The smallest absolute Gasteiger partial charge is 0.0386 e. The summed E-state index contributed by atoms with van der Waals surface area (Å²) >= 11 is 2.09. The van der Waals surface area contributed by atoms with Gasteiger partial charge in [-0.2, -0.15) is 11.8 Å². The highest BCUT2D eigenvalue weighted by molar-refractivity contribution is 7.99. The van der Waals surface area contributed by atoms with Crippen molar-refractivity contribution in [3.63, 3.8) is 0 Å². The molecule has 1 unspecified atom stereocenters. The molecule has 0 amide bonds. The highest BCUT2D eigenvalue weighted by atomic mass is 32.2. The Hall–Kier alpha value is -0.830. The normalized spacial score (nSPS) is 23.6. The molecule has 2 aliphatic rings. The van der Waals surface area contributed by atoms with Crippen LogP contribution in [-0.4, -0.2) is 31.1 Å². The molecule has 2 saturated heterocycles. The Kier molecular flexibility index (Phi) is 3.99. The van der Waals surface area contributed by atoms with Gasteiger partial charge in [0.25, 0.3) is 0 Å². The molecular weight excluding hydrogens is 240 g/mol. The Morgan fingerprint density at radius 3 is 2.94 bits per heavy atom. The molecule has 0 aromatic heterocycles. The van der Waals surface area contributed by atoms with Gasteiger partial charge in [0.15, 0.2) is 0 Å². The molecule has 3 heteroatoms. The van der Waals surface area contributed by atoms with E-state index in [4.69, 9.17) is 0 Å². The maximum absolute atomic E-state index is 3.61. The summed E-state index contributed by atoms with van der Waals surface area (Å²) < 4.78 is 0. The molecule has 0 aliphatic carbocycles. The predicted octanol–water partition coefficient (Wildman–Crippen LogP) is 3.45. The quantitative estimate of drug-likeness (QED) is 0.894. The number of nitrogens with one attached hydrogen (secondary N) is 1. The topological polar surface area (TPSA) is 15.3 Å². The van der Waals surface area contributed by atoms with Gasteiger partial charge in [0.05, 0.1) is 0 Å². The van der Waals surface area contributed by atoms with Crippen molar-refractivity contribution in [2.24, 2.45) is 5.92 Å². The Bertz CT molecular complexity index is 382. The van der Waals surface area contributed by atoms with E-state index in [1.54, 1.807) is 0 Å². The summed E-state index contributed by atoms with van der Waals surface area (Å²) in [6, 6.07) is 8.93. The van der Waals surface area contributed by atoms with Crippen molar-refractivity contribution >= 4 is 23.1 Å². The van der Waals surface area contributed by atoms with E-state index in [-0.39, 0.29) is 0 Å². The maximum Gasteiger partial charge on any atom is 0.0386 e. The zero-order valence-electron chi connectivity index (χ0n) is 10.9. The molecule has 2 nitrogen and oxygen atoms in total. The molecule has 1 aromatic carbocycles. The molecule has 0 saturated carbocycles. The molecule has 3 rings (SSSR count). The first-order chi connectivity index (χ1) is 8.92. The van der Waals surface area contributed by atoms with E-state index in [9.17, 15) is 0 Å². The van der Waals surface area contributed by atoms with Gasteiger partial charge < -0.3 is 10.2 Å². The molecule has 0 spiro atoms. The van der Waals surface area contributed by atoms with Gasteiger partial charge in [0, 0.05) is 31.0 Å². The lowest BCUT2D eigenvalue weighted by molar-refractivity contribution is 0.632. The fraction of sp³-hybridized carbons (Fsp3) is 0.600. The summed E-state index contributed by atoms with van der Waals surface area (Å²) in [5.41, 5.74) is 2.68. The third-order valence-electron chi connectivity index (χ3n) is 3.94. The van der Waals surface area contributed by atoms with Crippen LogP contribution in [-0.2, 0) is 0 Å². The molecule has 1 N–H and O–H groups in total. The van der Waals surface area contributed by atoms with Crippen molar-refractivity contribution in [3.8, 4) is 0 Å². The second kappa shape index (κ2) is 5.87. The van der Waals surface area contributed by atoms with E-state index in [1.165, 1.54) is 55.2 Å². The minimum absolute atomic E-state index is 0.866. The van der Waals surface area contributed by atoms with E-state index in [1.807, 2.05) is 0 Å². The highest BCUT2D eigenvalue weighted by Crippen LogP contribution is 2.26. The fourth-order valence-corrected chi connectivity index (χ4v) is 4.08. The summed E-state index contributed by atoms with van der Waals surface area (Å²) in [5.74, 6) is 3.55. The van der Waals surface area contributed by atoms with Crippen molar-refractivity contribution < 1.29 is 0 Å². The third-order valence-corrected chi connectivity index (χ3v) is 5.17. The van der Waals surface area contributed by atoms with Gasteiger partial charge in [-0.25, -0.2) is 0 Å². The SMILES string of the molecule is c1cc(NCC2CCSC2)cc(N2CCCC2)c1. The van der Waals surface area contributed by atoms with Crippen LogP contribution in [0, 0.1) is 5.92 Å². The number of thioether (sulfide) groups is 1. The first kappa shape index (κ1) is 12.2. The lowest BCUT2D eigenvalue weighted by Crippen LogP contribution is -2.18. The second-order valence-electron chi connectivity index (χ2n) is 5.35. The summed E-state index contributed by atoms with van der Waals surface area (Å²) in [7, 11) is 0. The Balaban J connectivity index is 1.59. The first-order valence-electron chi connectivity index (χ1n) is 7.08. The molecule has 1 atom stereocenters. The van der Waals surface area contributed by atoms with Crippen molar-refractivity contribution in [2.45, 2.75) is 19.3 Å². The average Bonchev–Trinajstić information content (AvgIpc) is 3.10. The summed E-state index contributed by atoms with van der Waals surface area (Å²) in [5, 5.41) is 3.61. The van der Waals surface area contributed by atoms with Crippen LogP contribution in [0.15, 0.2) is 24.3 Å². The fourth-order valence-electron chi connectivity index (χ4n) is 2.79. The molecule has 18 heavy (non-hydrogen) atoms. The van der Waals surface area contributed by atoms with Crippen molar-refractivity contribution in [1.82, 2.24) is 0 Å². The minimum Gasteiger partial charge on any atom is -0.385 e. The number of hydrogen-bond acceptors (Lipinski definition) is 3. The lowest BCUT2D eigenvalue weighted by Gasteiger charge is -2.19. The molecule has 2 fully saturated rings. The van der Waals surface area contributed by atoms with Crippen LogP contribution in [0.25, 0.3) is 0 Å². The summed E-state index contributed by atoms with van der Waals surface area (Å²) in [4.78, 5) is 2.50. The third kappa shape index (κ3) is 2.94. The van der Waals surface area contributed by atoms with Crippen molar-refractivity contribution in [1.29, 1.82) is 0 Å². The minimum atomic E-state index is 0.866. The maximum atomic E-state index is 3.61. The Morgan fingerprint density at radius 2 is 2.17 bits per heavy atom. The van der Waals surface area contributed by atoms with E-state index >= 15 is 0 Å². The molecule has 0 bridgehead atoms. The predicted molar refractivity (Wildman–Crippen MR) is 81.8 cm³/mol. The van der Waals surface area contributed by atoms with Crippen LogP contribution in [0.5, 0.6) is 0 Å². The van der Waals surface area contributed by atoms with Crippen LogP contribution in [0.4, 0.5) is 11.4 Å². The number of anilines is 2. The van der Waals surface area contributed by atoms with Crippen LogP contribution < -0.4 is 10.2 Å². The van der Waals surface area contributed by atoms with Gasteiger partial charge in [-0.1, -0.05) is 6.07 Å². The lowest BCUT2D eigenvalue weighted by atomic mass is 10.1. The average molecular weight is 262 g/mol. The van der Waals surface area contributed by atoms with Gasteiger partial charge >= 0.3 is 0 Å². The van der Waals surface area contributed by atoms with Crippen LogP contribution >= 0.6 is 11.8 Å². The zero-order chi connectivity index (χ0) is 12.2. The molecule has 98 valence electrons. The van der Waals surface area contributed by atoms with Crippen LogP contribution in [0.2, 0.25) is 0 Å². The standard InChI is InChI=1S/C15H22N2S/c1-2-8-17(7-1)15-5-3-4-14(10-15)16-11-13-6-9-18-12-13/h3-5,10,13,16H,1-2,6-9,11-12H2. The first-order valence-corrected chi connectivity index (χ1v) is 8.24. The Morgan fingerprint density at radius 1 is 1.28 bits per heavy atom. The van der Waals surface area contributed by atoms with Gasteiger partial charge in [0.1, 0.15) is 0 Å². The second-order valence-corrected chi connectivity index (χ2v) is 6.50. The van der Waals surface area contributed by atoms with Gasteiger partial charge in [-0.05, 0) is 54.9 Å². The van der Waals surface area contributed by atoms with Crippen LogP contribution in [0.3, 0.4) is 0 Å². The van der Waals surface area contributed by atoms with Gasteiger partial charge in [0.2, 0.25) is 0 Å². The van der Waals surface area contributed by atoms with E-state index < -0.39 is 0 Å².